The van der Waals surface area contributed by atoms with Gasteiger partial charge in [0.1, 0.15) is 6.29 Å². The average Bonchev–Trinajstić information content (AvgIpc) is 1.97. The van der Waals surface area contributed by atoms with Gasteiger partial charge in [0.25, 0.3) is 0 Å². The molecule has 0 amide bonds. The number of nitrogens with zero attached hydrogens (tertiary/aromatic N) is 1. The molecule has 0 aromatic carbocycles. The number of aldehydes is 1. The van der Waals surface area contributed by atoms with Gasteiger partial charge in [-0.25, -0.2) is 5.73 Å². The summed E-state index contributed by atoms with van der Waals surface area (Å²) in [4.78, 5) is 13.7. The van der Waals surface area contributed by atoms with E-state index in [1.54, 1.807) is 0 Å². The van der Waals surface area contributed by atoms with Crippen LogP contribution in [0.5, 0.6) is 0 Å². The van der Waals surface area contributed by atoms with Gasteiger partial charge >= 0.3 is 0 Å². The summed E-state index contributed by atoms with van der Waals surface area (Å²) in [6.07, 6.45) is 1.79. The molecule has 0 fully saturated rings. The number of aliphatic imine (C=N–C) groups is 1. The first-order valence-electron chi connectivity index (χ1n) is 3.38. The molecule has 0 bridgehead atoms. The van der Waals surface area contributed by atoms with Crippen LogP contribution in [0.4, 0.5) is 0 Å². The first kappa shape index (κ1) is 9.90. The molecule has 0 aromatic heterocycles. The zero-order chi connectivity index (χ0) is 8.69. The molecule has 63 valence electrons. The van der Waals surface area contributed by atoms with E-state index in [-0.39, 0.29) is 5.96 Å². The van der Waals surface area contributed by atoms with E-state index in [1.165, 1.54) is 0 Å². The fourth-order valence-electron chi connectivity index (χ4n) is 0.587. The van der Waals surface area contributed by atoms with Gasteiger partial charge in [-0.3, -0.25) is 4.99 Å². The van der Waals surface area contributed by atoms with Gasteiger partial charge in [0.15, 0.2) is 5.96 Å². The van der Waals surface area contributed by atoms with Crippen LogP contribution in [0, 0.1) is 0 Å². The van der Waals surface area contributed by atoms with Crippen molar-refractivity contribution in [2.45, 2.75) is 18.9 Å². The SMILES string of the molecule is [NH]C(C=O)CCCN=C(N)N. The maximum absolute atomic E-state index is 9.96. The van der Waals surface area contributed by atoms with E-state index in [2.05, 4.69) is 4.99 Å². The third-order valence-corrected chi connectivity index (χ3v) is 1.13. The van der Waals surface area contributed by atoms with Crippen LogP contribution >= 0.6 is 0 Å². The summed E-state index contributed by atoms with van der Waals surface area (Å²) in [6.45, 7) is 0.492. The molecule has 5 N–H and O–H groups in total. The van der Waals surface area contributed by atoms with Gasteiger partial charge < -0.3 is 16.3 Å². The second-order valence-electron chi connectivity index (χ2n) is 2.19. The first-order valence-corrected chi connectivity index (χ1v) is 3.38. The minimum Gasteiger partial charge on any atom is -0.370 e. The van der Waals surface area contributed by atoms with Crippen LogP contribution in [0.2, 0.25) is 0 Å². The lowest BCUT2D eigenvalue weighted by Crippen LogP contribution is -2.23. The highest BCUT2D eigenvalue weighted by molar-refractivity contribution is 5.75. The number of rotatable bonds is 5. The summed E-state index contributed by atoms with van der Waals surface area (Å²) in [7, 11) is 0. The van der Waals surface area contributed by atoms with E-state index in [0.29, 0.717) is 25.7 Å². The summed E-state index contributed by atoms with van der Waals surface area (Å²) in [6, 6.07) is -0.635. The number of hydrogen-bond acceptors (Lipinski definition) is 2. The van der Waals surface area contributed by atoms with Gasteiger partial charge in [-0.15, -0.1) is 0 Å². The van der Waals surface area contributed by atoms with Crippen LogP contribution < -0.4 is 17.2 Å². The molecule has 0 rings (SSSR count). The Kier molecular flexibility index (Phi) is 5.10. The first-order chi connectivity index (χ1) is 5.16. The zero-order valence-electron chi connectivity index (χ0n) is 6.29. The van der Waals surface area contributed by atoms with E-state index >= 15 is 0 Å². The van der Waals surface area contributed by atoms with Crippen LogP contribution in [-0.4, -0.2) is 24.8 Å². The lowest BCUT2D eigenvalue weighted by Gasteiger charge is -1.99. The molecule has 5 heteroatoms. The fourth-order valence-corrected chi connectivity index (χ4v) is 0.587. The van der Waals surface area contributed by atoms with Crippen LogP contribution in [0.25, 0.3) is 0 Å². The second kappa shape index (κ2) is 5.67. The Morgan fingerprint density at radius 2 is 2.27 bits per heavy atom. The highest BCUT2D eigenvalue weighted by atomic mass is 16.1. The number of nitrogens with two attached hydrogens (primary N) is 2. The second-order valence-corrected chi connectivity index (χ2v) is 2.19. The third-order valence-electron chi connectivity index (χ3n) is 1.13. The van der Waals surface area contributed by atoms with Crippen molar-refractivity contribution in [3.8, 4) is 0 Å². The quantitative estimate of drug-likeness (QED) is 0.229. The molecular weight excluding hydrogens is 144 g/mol. The molecule has 1 radical (unpaired) electrons. The minimum atomic E-state index is -0.635. The van der Waals surface area contributed by atoms with Gasteiger partial charge in [0, 0.05) is 6.54 Å². The van der Waals surface area contributed by atoms with Crippen LogP contribution in [-0.2, 0) is 4.79 Å². The van der Waals surface area contributed by atoms with E-state index in [9.17, 15) is 4.79 Å². The number of hydrogen-bond donors (Lipinski definition) is 2. The van der Waals surface area contributed by atoms with E-state index < -0.39 is 6.04 Å². The summed E-state index contributed by atoms with van der Waals surface area (Å²) in [5.41, 5.74) is 17.1. The maximum Gasteiger partial charge on any atom is 0.185 e. The molecule has 0 aliphatic rings. The lowest BCUT2D eigenvalue weighted by molar-refractivity contribution is -0.109. The predicted molar refractivity (Wildman–Crippen MR) is 42.9 cm³/mol. The molecular formula is C6H13N4O. The van der Waals surface area contributed by atoms with Crippen molar-refractivity contribution in [2.75, 3.05) is 6.54 Å². The smallest absolute Gasteiger partial charge is 0.185 e. The van der Waals surface area contributed by atoms with Crippen LogP contribution in [0.1, 0.15) is 12.8 Å². The Morgan fingerprint density at radius 3 is 2.73 bits per heavy atom. The fraction of sp³-hybridized carbons (Fsp3) is 0.667. The molecule has 0 aliphatic heterocycles. The number of carbonyl (C=O) groups is 1. The van der Waals surface area contributed by atoms with Crippen molar-refractivity contribution in [3.05, 3.63) is 0 Å². The highest BCUT2D eigenvalue weighted by Crippen LogP contribution is 1.92. The molecule has 11 heavy (non-hydrogen) atoms. The van der Waals surface area contributed by atoms with Gasteiger partial charge in [0.2, 0.25) is 0 Å². The third kappa shape index (κ3) is 6.79. The molecule has 0 aliphatic carbocycles. The summed E-state index contributed by atoms with van der Waals surface area (Å²) < 4.78 is 0. The number of carbonyl (C=O) groups excluding carboxylic acids is 1. The molecule has 0 spiro atoms. The monoisotopic (exact) mass is 157 g/mol. The van der Waals surface area contributed by atoms with Crippen molar-refractivity contribution in [2.24, 2.45) is 16.5 Å². The Balaban J connectivity index is 3.28. The summed E-state index contributed by atoms with van der Waals surface area (Å²) in [5.74, 6) is 0.0534. The zero-order valence-corrected chi connectivity index (χ0v) is 6.29. The molecule has 0 saturated heterocycles. The minimum absolute atomic E-state index is 0.0534. The van der Waals surface area contributed by atoms with Crippen molar-refractivity contribution >= 4 is 12.2 Å². The molecule has 0 heterocycles. The normalized spacial score (nSPS) is 12.1. The summed E-state index contributed by atoms with van der Waals surface area (Å²) >= 11 is 0. The molecule has 0 aromatic rings. The van der Waals surface area contributed by atoms with E-state index in [1.807, 2.05) is 0 Å². The molecule has 1 atom stereocenters. The Morgan fingerprint density at radius 1 is 1.64 bits per heavy atom. The predicted octanol–water partition coefficient (Wildman–Crippen LogP) is -1.11. The van der Waals surface area contributed by atoms with E-state index in [4.69, 9.17) is 17.2 Å². The van der Waals surface area contributed by atoms with Crippen molar-refractivity contribution in [3.63, 3.8) is 0 Å². The molecule has 0 saturated carbocycles. The largest absolute Gasteiger partial charge is 0.370 e. The van der Waals surface area contributed by atoms with Crippen LogP contribution in [0.3, 0.4) is 0 Å². The van der Waals surface area contributed by atoms with E-state index in [0.717, 1.165) is 0 Å². The topological polar surface area (TPSA) is 105 Å². The molecule has 5 nitrogen and oxygen atoms in total. The Labute approximate surface area is 65.6 Å². The highest BCUT2D eigenvalue weighted by Gasteiger charge is 1.98. The lowest BCUT2D eigenvalue weighted by atomic mass is 10.2. The van der Waals surface area contributed by atoms with Crippen molar-refractivity contribution in [1.82, 2.24) is 5.73 Å². The number of guanidine groups is 1. The number of nitrogens with one attached hydrogen (secondary N) is 1. The molecule has 1 unspecified atom stereocenters. The van der Waals surface area contributed by atoms with Crippen molar-refractivity contribution in [1.29, 1.82) is 0 Å². The Hall–Kier alpha value is -1.10. The maximum atomic E-state index is 9.96. The Bertz CT molecular complexity index is 142. The summed E-state index contributed by atoms with van der Waals surface area (Å²) in [5, 5.41) is 0. The standard InChI is InChI=1S/C6H13N4O/c7-5(4-11)2-1-3-10-6(8)9/h4-5,7H,1-3H2,(H4,8,9,10). The van der Waals surface area contributed by atoms with Crippen LogP contribution in [0.15, 0.2) is 4.99 Å². The average molecular weight is 157 g/mol. The van der Waals surface area contributed by atoms with Gasteiger partial charge in [-0.1, -0.05) is 0 Å². The van der Waals surface area contributed by atoms with Gasteiger partial charge in [-0.05, 0) is 12.8 Å². The van der Waals surface area contributed by atoms with Crippen molar-refractivity contribution < 1.29 is 4.79 Å². The van der Waals surface area contributed by atoms with Gasteiger partial charge in [0.05, 0.1) is 6.04 Å². The van der Waals surface area contributed by atoms with Gasteiger partial charge in [-0.2, -0.15) is 0 Å².